The van der Waals surface area contributed by atoms with E-state index in [0.717, 1.165) is 10.0 Å². The van der Waals surface area contributed by atoms with Crippen LogP contribution in [0, 0.1) is 5.82 Å². The zero-order valence-corrected chi connectivity index (χ0v) is 12.3. The highest BCUT2D eigenvalue weighted by atomic mass is 79.9. The first-order chi connectivity index (χ1) is 10.1. The van der Waals surface area contributed by atoms with Gasteiger partial charge >= 0.3 is 0 Å². The molecule has 0 aliphatic rings. The number of benzene rings is 2. The van der Waals surface area contributed by atoms with Gasteiger partial charge in [0.25, 0.3) is 5.89 Å². The smallest absolute Gasteiger partial charge is 0.264 e. The van der Waals surface area contributed by atoms with Crippen LogP contribution in [0.5, 0.6) is 5.75 Å². The molecule has 6 heteroatoms. The summed E-state index contributed by atoms with van der Waals surface area (Å²) in [5.41, 5.74) is 0.908. The number of nitrogens with zero attached hydrogens (tertiary/aromatic N) is 2. The van der Waals surface area contributed by atoms with Gasteiger partial charge in [-0.3, -0.25) is 0 Å². The molecule has 106 valence electrons. The highest BCUT2D eigenvalue weighted by molar-refractivity contribution is 9.10. The first kappa shape index (κ1) is 13.8. The Balaban J connectivity index is 1.92. The second kappa shape index (κ2) is 5.65. The molecule has 3 rings (SSSR count). The lowest BCUT2D eigenvalue weighted by atomic mass is 10.1. The number of phenolic OH excluding ortho intramolecular Hbond substituents is 1. The van der Waals surface area contributed by atoms with Crippen molar-refractivity contribution >= 4 is 15.9 Å². The van der Waals surface area contributed by atoms with Gasteiger partial charge < -0.3 is 9.63 Å². The number of aromatic hydroxyl groups is 1. The summed E-state index contributed by atoms with van der Waals surface area (Å²) in [5.74, 6) is -0.454. The molecule has 0 aliphatic carbocycles. The van der Waals surface area contributed by atoms with E-state index in [1.54, 1.807) is 0 Å². The van der Waals surface area contributed by atoms with Crippen LogP contribution in [0.4, 0.5) is 4.39 Å². The molecule has 1 aromatic heterocycles. The van der Waals surface area contributed by atoms with Crippen LogP contribution in [0.1, 0.15) is 11.4 Å². The first-order valence-electron chi connectivity index (χ1n) is 6.19. The summed E-state index contributed by atoms with van der Waals surface area (Å²) in [5, 5.41) is 13.5. The molecule has 21 heavy (non-hydrogen) atoms. The minimum atomic E-state index is -0.605. The van der Waals surface area contributed by atoms with E-state index >= 15 is 0 Å². The lowest BCUT2D eigenvalue weighted by molar-refractivity contribution is 0.414. The van der Waals surface area contributed by atoms with Crippen molar-refractivity contribution in [1.82, 2.24) is 10.1 Å². The Morgan fingerprint density at radius 2 is 1.95 bits per heavy atom. The Morgan fingerprint density at radius 1 is 1.14 bits per heavy atom. The molecule has 0 unspecified atom stereocenters. The monoisotopic (exact) mass is 348 g/mol. The normalized spacial score (nSPS) is 10.8. The third kappa shape index (κ3) is 2.80. The van der Waals surface area contributed by atoms with Crippen molar-refractivity contribution in [2.24, 2.45) is 0 Å². The van der Waals surface area contributed by atoms with Crippen molar-refractivity contribution in [2.75, 3.05) is 0 Å². The Bertz CT molecular complexity index is 769. The SMILES string of the molecule is Oc1cccc(F)c1-c1nc(Cc2ccccc2Br)no1. The van der Waals surface area contributed by atoms with E-state index in [0.29, 0.717) is 12.2 Å². The van der Waals surface area contributed by atoms with Gasteiger partial charge in [0, 0.05) is 10.9 Å². The lowest BCUT2D eigenvalue weighted by Gasteiger charge is -2.00. The summed E-state index contributed by atoms with van der Waals surface area (Å²) in [6.07, 6.45) is 0.445. The minimum absolute atomic E-state index is 0.0346. The maximum Gasteiger partial charge on any atom is 0.264 e. The van der Waals surface area contributed by atoms with Crippen molar-refractivity contribution in [2.45, 2.75) is 6.42 Å². The molecule has 0 bridgehead atoms. The molecule has 0 aliphatic heterocycles. The number of halogens is 2. The van der Waals surface area contributed by atoms with Crippen LogP contribution in [-0.4, -0.2) is 15.2 Å². The van der Waals surface area contributed by atoms with E-state index < -0.39 is 5.82 Å². The predicted molar refractivity (Wildman–Crippen MR) is 78.3 cm³/mol. The molecule has 0 amide bonds. The van der Waals surface area contributed by atoms with Crippen LogP contribution in [0.2, 0.25) is 0 Å². The molecule has 0 atom stereocenters. The average Bonchev–Trinajstić information content (AvgIpc) is 2.89. The lowest BCUT2D eigenvalue weighted by Crippen LogP contribution is -1.92. The fraction of sp³-hybridized carbons (Fsp3) is 0.0667. The molecule has 0 saturated carbocycles. The fourth-order valence-corrected chi connectivity index (χ4v) is 2.39. The molecule has 3 aromatic rings. The van der Waals surface area contributed by atoms with E-state index in [1.807, 2.05) is 24.3 Å². The Hall–Kier alpha value is -2.21. The van der Waals surface area contributed by atoms with Gasteiger partial charge in [0.15, 0.2) is 5.82 Å². The van der Waals surface area contributed by atoms with Crippen LogP contribution in [-0.2, 0) is 6.42 Å². The van der Waals surface area contributed by atoms with Crippen LogP contribution in [0.3, 0.4) is 0 Å². The van der Waals surface area contributed by atoms with Gasteiger partial charge in [0.05, 0.1) is 0 Å². The van der Waals surface area contributed by atoms with E-state index in [2.05, 4.69) is 26.1 Å². The molecule has 0 spiro atoms. The maximum atomic E-state index is 13.7. The number of phenols is 1. The van der Waals surface area contributed by atoms with E-state index in [1.165, 1.54) is 18.2 Å². The molecule has 0 saturated heterocycles. The second-order valence-electron chi connectivity index (χ2n) is 4.42. The zero-order chi connectivity index (χ0) is 14.8. The van der Waals surface area contributed by atoms with Gasteiger partial charge in [-0.15, -0.1) is 0 Å². The largest absolute Gasteiger partial charge is 0.507 e. The zero-order valence-electron chi connectivity index (χ0n) is 10.8. The quantitative estimate of drug-likeness (QED) is 0.778. The van der Waals surface area contributed by atoms with E-state index in [-0.39, 0.29) is 17.2 Å². The molecular weight excluding hydrogens is 339 g/mol. The van der Waals surface area contributed by atoms with Crippen molar-refractivity contribution in [1.29, 1.82) is 0 Å². The fourth-order valence-electron chi connectivity index (χ4n) is 1.96. The third-order valence-corrected chi connectivity index (χ3v) is 3.75. The Kier molecular flexibility index (Phi) is 3.70. The van der Waals surface area contributed by atoms with E-state index in [4.69, 9.17) is 4.52 Å². The second-order valence-corrected chi connectivity index (χ2v) is 5.27. The summed E-state index contributed by atoms with van der Waals surface area (Å²) in [7, 11) is 0. The van der Waals surface area contributed by atoms with Gasteiger partial charge in [-0.05, 0) is 23.8 Å². The van der Waals surface area contributed by atoms with Crippen LogP contribution in [0.15, 0.2) is 51.5 Å². The summed E-state index contributed by atoms with van der Waals surface area (Å²) < 4.78 is 19.7. The summed E-state index contributed by atoms with van der Waals surface area (Å²) in [4.78, 5) is 4.14. The molecule has 2 aromatic carbocycles. The molecule has 0 radical (unpaired) electrons. The van der Waals surface area contributed by atoms with Crippen molar-refractivity contribution in [3.05, 3.63) is 64.1 Å². The van der Waals surface area contributed by atoms with E-state index in [9.17, 15) is 9.50 Å². The van der Waals surface area contributed by atoms with Crippen LogP contribution < -0.4 is 0 Å². The highest BCUT2D eigenvalue weighted by Crippen LogP contribution is 2.30. The van der Waals surface area contributed by atoms with Gasteiger partial charge in [-0.2, -0.15) is 4.98 Å². The topological polar surface area (TPSA) is 59.2 Å². The van der Waals surface area contributed by atoms with Crippen molar-refractivity contribution < 1.29 is 14.0 Å². The number of hydrogen-bond donors (Lipinski definition) is 1. The summed E-state index contributed by atoms with van der Waals surface area (Å²) in [6.45, 7) is 0. The first-order valence-corrected chi connectivity index (χ1v) is 6.98. The van der Waals surface area contributed by atoms with Crippen molar-refractivity contribution in [3.63, 3.8) is 0 Å². The summed E-state index contributed by atoms with van der Waals surface area (Å²) >= 11 is 3.44. The van der Waals surface area contributed by atoms with Crippen LogP contribution in [0.25, 0.3) is 11.5 Å². The number of aromatic nitrogens is 2. The Labute approximate surface area is 128 Å². The maximum absolute atomic E-state index is 13.7. The van der Waals surface area contributed by atoms with Crippen molar-refractivity contribution in [3.8, 4) is 17.2 Å². The van der Waals surface area contributed by atoms with Gasteiger partial charge in [0.2, 0.25) is 0 Å². The Morgan fingerprint density at radius 3 is 2.71 bits per heavy atom. The third-order valence-electron chi connectivity index (χ3n) is 2.98. The highest BCUT2D eigenvalue weighted by Gasteiger charge is 2.17. The van der Waals surface area contributed by atoms with Gasteiger partial charge in [-0.25, -0.2) is 4.39 Å². The predicted octanol–water partition coefficient (Wildman–Crippen LogP) is 3.93. The summed E-state index contributed by atoms with van der Waals surface area (Å²) in [6, 6.07) is 11.7. The molecule has 1 heterocycles. The number of hydrogen-bond acceptors (Lipinski definition) is 4. The molecule has 4 nitrogen and oxygen atoms in total. The minimum Gasteiger partial charge on any atom is -0.507 e. The molecule has 1 N–H and O–H groups in total. The van der Waals surface area contributed by atoms with Gasteiger partial charge in [-0.1, -0.05) is 45.4 Å². The average molecular weight is 349 g/mol. The molecular formula is C15H10BrFN2O2. The number of rotatable bonds is 3. The molecule has 0 fully saturated rings. The van der Waals surface area contributed by atoms with Crippen LogP contribution >= 0.6 is 15.9 Å². The standard InChI is InChI=1S/C15H10BrFN2O2/c16-10-5-2-1-4-9(10)8-13-18-15(21-19-13)14-11(17)6-3-7-12(14)20/h1-7,20H,8H2. The van der Waals surface area contributed by atoms with Gasteiger partial charge in [0.1, 0.15) is 17.1 Å².